The van der Waals surface area contributed by atoms with Gasteiger partial charge in [-0.1, -0.05) is 12.1 Å². The van der Waals surface area contributed by atoms with Gasteiger partial charge in [0.05, 0.1) is 17.0 Å². The van der Waals surface area contributed by atoms with Crippen molar-refractivity contribution in [3.05, 3.63) is 24.3 Å². The first-order valence-electron chi connectivity index (χ1n) is 7.02. The smallest absolute Gasteiger partial charge is 0.399 e. The van der Waals surface area contributed by atoms with Crippen LogP contribution in [0.5, 0.6) is 0 Å². The number of rotatable bonds is 4. The summed E-state index contributed by atoms with van der Waals surface area (Å²) in [5.41, 5.74) is 0.474. The van der Waals surface area contributed by atoms with Gasteiger partial charge in [0.1, 0.15) is 0 Å². The fourth-order valence-electron chi connectivity index (χ4n) is 1.98. The monoisotopic (exact) mass is 311 g/mol. The van der Waals surface area contributed by atoms with Crippen molar-refractivity contribution in [2.45, 2.75) is 45.8 Å². The molecule has 1 saturated heterocycles. The first-order chi connectivity index (χ1) is 9.56. The Morgan fingerprint density at radius 1 is 1.14 bits per heavy atom. The van der Waals surface area contributed by atoms with Gasteiger partial charge >= 0.3 is 7.12 Å². The van der Waals surface area contributed by atoms with Crippen LogP contribution in [0, 0.1) is 0 Å². The van der Waals surface area contributed by atoms with E-state index in [9.17, 15) is 8.42 Å². The van der Waals surface area contributed by atoms with E-state index < -0.39 is 28.3 Å². The summed E-state index contributed by atoms with van der Waals surface area (Å²) in [6.45, 7) is 9.53. The molecule has 21 heavy (non-hydrogen) atoms. The molecule has 0 bridgehead atoms. The number of benzene rings is 1. The molecule has 1 aromatic rings. The lowest BCUT2D eigenvalue weighted by Crippen LogP contribution is -2.41. The zero-order valence-electron chi connectivity index (χ0n) is 13.1. The summed E-state index contributed by atoms with van der Waals surface area (Å²) in [6.07, 6.45) is 0. The molecule has 0 amide bonds. The van der Waals surface area contributed by atoms with Crippen molar-refractivity contribution < 1.29 is 17.7 Å². The van der Waals surface area contributed by atoms with Crippen molar-refractivity contribution in [1.82, 2.24) is 0 Å². The van der Waals surface area contributed by atoms with Crippen molar-refractivity contribution >= 4 is 28.3 Å². The number of hydrogen-bond acceptors (Lipinski definition) is 4. The second kappa shape index (κ2) is 5.30. The van der Waals surface area contributed by atoms with Crippen molar-refractivity contribution in [3.8, 4) is 0 Å². The molecule has 116 valence electrons. The first-order valence-corrected chi connectivity index (χ1v) is 8.68. The van der Waals surface area contributed by atoms with Crippen LogP contribution < -0.4 is 10.2 Å². The lowest BCUT2D eigenvalue weighted by atomic mass is 9.79. The molecule has 1 aliphatic heterocycles. The highest BCUT2D eigenvalue weighted by atomic mass is 32.2. The third kappa shape index (κ3) is 3.41. The number of hydrogen-bond donors (Lipinski definition) is 1. The van der Waals surface area contributed by atoms with Crippen LogP contribution in [0.1, 0.15) is 34.6 Å². The standard InChI is InChI=1S/C14H22BNO4S/c1-6-21(17,18)16-12-9-7-8-11(10-12)15-19-13(2,3)14(4,5)20-15/h7-10,16H,6H2,1-5H3. The Morgan fingerprint density at radius 2 is 1.71 bits per heavy atom. The molecular formula is C14H22BNO4S. The molecule has 1 aliphatic rings. The Bertz CT molecular complexity index is 612. The molecule has 0 aromatic heterocycles. The molecule has 1 fully saturated rings. The summed E-state index contributed by atoms with van der Waals surface area (Å²) in [7, 11) is -3.79. The molecular weight excluding hydrogens is 289 g/mol. The molecule has 0 spiro atoms. The number of sulfonamides is 1. The normalized spacial score (nSPS) is 20.5. The highest BCUT2D eigenvalue weighted by molar-refractivity contribution is 7.92. The predicted octanol–water partition coefficient (Wildman–Crippen LogP) is 1.75. The number of nitrogens with one attached hydrogen (secondary N) is 1. The fourth-order valence-corrected chi connectivity index (χ4v) is 2.61. The first kappa shape index (κ1) is 16.3. The lowest BCUT2D eigenvalue weighted by molar-refractivity contribution is 0.00578. The van der Waals surface area contributed by atoms with Crippen LogP contribution in [0.3, 0.4) is 0 Å². The molecule has 1 heterocycles. The van der Waals surface area contributed by atoms with Gasteiger partial charge in [0.25, 0.3) is 0 Å². The average molecular weight is 311 g/mol. The van der Waals surface area contributed by atoms with Crippen molar-refractivity contribution in [3.63, 3.8) is 0 Å². The summed E-state index contributed by atoms with van der Waals surface area (Å²) < 4.78 is 37.7. The van der Waals surface area contributed by atoms with Crippen LogP contribution in [0.15, 0.2) is 24.3 Å². The van der Waals surface area contributed by atoms with E-state index in [0.717, 1.165) is 5.46 Å². The van der Waals surface area contributed by atoms with Crippen molar-refractivity contribution in [1.29, 1.82) is 0 Å². The van der Waals surface area contributed by atoms with Crippen LogP contribution in [0.4, 0.5) is 5.69 Å². The molecule has 2 rings (SSSR count). The van der Waals surface area contributed by atoms with Gasteiger partial charge in [0.2, 0.25) is 10.0 Å². The van der Waals surface area contributed by atoms with E-state index in [2.05, 4.69) is 4.72 Å². The van der Waals surface area contributed by atoms with Crippen LogP contribution in [-0.2, 0) is 19.3 Å². The third-order valence-electron chi connectivity index (χ3n) is 4.07. The largest absolute Gasteiger partial charge is 0.494 e. The van der Waals surface area contributed by atoms with Crippen molar-refractivity contribution in [2.24, 2.45) is 0 Å². The Morgan fingerprint density at radius 3 is 2.24 bits per heavy atom. The van der Waals surface area contributed by atoms with E-state index in [-0.39, 0.29) is 5.75 Å². The van der Waals surface area contributed by atoms with Gasteiger partial charge in [-0.2, -0.15) is 0 Å². The minimum atomic E-state index is -3.29. The van der Waals surface area contributed by atoms with Gasteiger partial charge in [0.15, 0.2) is 0 Å². The lowest BCUT2D eigenvalue weighted by Gasteiger charge is -2.32. The topological polar surface area (TPSA) is 64.6 Å². The number of anilines is 1. The predicted molar refractivity (Wildman–Crippen MR) is 85.2 cm³/mol. The molecule has 0 atom stereocenters. The van der Waals surface area contributed by atoms with Gasteiger partial charge < -0.3 is 9.31 Å². The van der Waals surface area contributed by atoms with Crippen LogP contribution in [0.25, 0.3) is 0 Å². The average Bonchev–Trinajstić information content (AvgIpc) is 2.58. The summed E-state index contributed by atoms with van der Waals surface area (Å²) in [6, 6.07) is 7.11. The van der Waals surface area contributed by atoms with Crippen LogP contribution in [-0.4, -0.2) is 32.5 Å². The maximum Gasteiger partial charge on any atom is 0.494 e. The molecule has 7 heteroatoms. The molecule has 0 radical (unpaired) electrons. The van der Waals surface area contributed by atoms with Gasteiger partial charge in [-0.15, -0.1) is 0 Å². The van der Waals surface area contributed by atoms with Gasteiger partial charge in [0, 0.05) is 5.69 Å². The second-order valence-electron chi connectivity index (χ2n) is 6.22. The van der Waals surface area contributed by atoms with E-state index in [1.807, 2.05) is 33.8 Å². The van der Waals surface area contributed by atoms with Crippen LogP contribution >= 0.6 is 0 Å². The van der Waals surface area contributed by atoms with E-state index >= 15 is 0 Å². The third-order valence-corrected chi connectivity index (χ3v) is 5.37. The molecule has 0 unspecified atom stereocenters. The Balaban J connectivity index is 2.24. The van der Waals surface area contributed by atoms with Crippen LogP contribution in [0.2, 0.25) is 0 Å². The quantitative estimate of drug-likeness (QED) is 0.861. The van der Waals surface area contributed by atoms with Gasteiger partial charge in [-0.05, 0) is 52.2 Å². The van der Waals surface area contributed by atoms with E-state index in [1.165, 1.54) is 0 Å². The molecule has 0 saturated carbocycles. The Kier molecular flexibility index (Phi) is 4.12. The van der Waals surface area contributed by atoms with E-state index in [0.29, 0.717) is 5.69 Å². The molecule has 5 nitrogen and oxygen atoms in total. The molecule has 1 aromatic carbocycles. The Hall–Kier alpha value is -1.05. The van der Waals surface area contributed by atoms with Gasteiger partial charge in [-0.25, -0.2) is 8.42 Å². The maximum absolute atomic E-state index is 11.6. The van der Waals surface area contributed by atoms with Gasteiger partial charge in [-0.3, -0.25) is 4.72 Å². The summed E-state index contributed by atoms with van der Waals surface area (Å²) in [5.74, 6) is 0.0354. The second-order valence-corrected chi connectivity index (χ2v) is 8.23. The maximum atomic E-state index is 11.6. The summed E-state index contributed by atoms with van der Waals surface area (Å²) in [4.78, 5) is 0. The highest BCUT2D eigenvalue weighted by Gasteiger charge is 2.51. The zero-order chi connectivity index (χ0) is 15.9. The summed E-state index contributed by atoms with van der Waals surface area (Å²) in [5, 5.41) is 0. The Labute approximate surface area is 127 Å². The van der Waals surface area contributed by atoms with E-state index in [1.54, 1.807) is 25.1 Å². The SMILES string of the molecule is CCS(=O)(=O)Nc1cccc(B2OC(C)(C)C(C)(C)O2)c1. The molecule has 1 N–H and O–H groups in total. The minimum absolute atomic E-state index is 0.0354. The zero-order valence-corrected chi connectivity index (χ0v) is 14.0. The van der Waals surface area contributed by atoms with E-state index in [4.69, 9.17) is 9.31 Å². The minimum Gasteiger partial charge on any atom is -0.399 e. The summed E-state index contributed by atoms with van der Waals surface area (Å²) >= 11 is 0. The highest BCUT2D eigenvalue weighted by Crippen LogP contribution is 2.36. The fraction of sp³-hybridized carbons (Fsp3) is 0.571. The van der Waals surface area contributed by atoms with Crippen molar-refractivity contribution in [2.75, 3.05) is 10.5 Å². The molecule has 0 aliphatic carbocycles.